The van der Waals surface area contributed by atoms with Crippen molar-refractivity contribution in [2.45, 2.75) is 6.92 Å². The maximum atomic E-state index is 4.27. The lowest BCUT2D eigenvalue weighted by Gasteiger charge is -2.09. The highest BCUT2D eigenvalue weighted by Gasteiger charge is 2.03. The lowest BCUT2D eigenvalue weighted by Crippen LogP contribution is -1.94. The highest BCUT2D eigenvalue weighted by Crippen LogP contribution is 2.27. The van der Waals surface area contributed by atoms with E-state index in [0.29, 0.717) is 0 Å². The van der Waals surface area contributed by atoms with Crippen LogP contribution in [0.2, 0.25) is 0 Å². The number of aromatic nitrogens is 1. The van der Waals surface area contributed by atoms with Crippen LogP contribution in [0.25, 0.3) is 11.1 Å². The van der Waals surface area contributed by atoms with Crippen molar-refractivity contribution in [3.05, 3.63) is 48.3 Å². The van der Waals surface area contributed by atoms with Crippen molar-refractivity contribution < 1.29 is 0 Å². The van der Waals surface area contributed by atoms with Crippen LogP contribution in [0.1, 0.15) is 5.69 Å². The van der Waals surface area contributed by atoms with E-state index in [1.165, 1.54) is 11.1 Å². The summed E-state index contributed by atoms with van der Waals surface area (Å²) in [4.78, 5) is 4.27. The Labute approximate surface area is 102 Å². The fraction of sp³-hybridized carbons (Fsp3) is 0.154. The largest absolute Gasteiger partial charge is 0.386 e. The molecule has 0 unspecified atom stereocenters. The molecule has 0 bridgehead atoms. The number of nitrogens with zero attached hydrogens (tertiary/aromatic N) is 1. The van der Waals surface area contributed by atoms with Gasteiger partial charge in [0.1, 0.15) is 0 Å². The van der Waals surface area contributed by atoms with Gasteiger partial charge in [-0.1, -0.05) is 30.3 Å². The molecule has 0 amide bonds. The van der Waals surface area contributed by atoms with Gasteiger partial charge in [0.25, 0.3) is 0 Å². The molecule has 1 N–H and O–H groups in total. The maximum absolute atomic E-state index is 4.27. The monoisotopic (exact) mass is 234 g/mol. The summed E-state index contributed by atoms with van der Waals surface area (Å²) in [6.45, 7) is 2.01. The minimum absolute atomic E-state index is 0. The van der Waals surface area contributed by atoms with E-state index in [2.05, 4.69) is 28.5 Å². The van der Waals surface area contributed by atoms with Crippen LogP contribution < -0.4 is 5.32 Å². The standard InChI is InChI=1S/C13H14N2.ClH/c1-10-8-12(13(14-2)9-15-10)11-6-4-3-5-7-11;/h3-9,14H,1-2H3;1H. The third-order valence-corrected chi connectivity index (χ3v) is 2.39. The van der Waals surface area contributed by atoms with Crippen LogP contribution in [-0.2, 0) is 0 Å². The van der Waals surface area contributed by atoms with Crippen LogP contribution in [0.15, 0.2) is 42.6 Å². The van der Waals surface area contributed by atoms with E-state index in [-0.39, 0.29) is 12.4 Å². The molecule has 16 heavy (non-hydrogen) atoms. The average molecular weight is 235 g/mol. The van der Waals surface area contributed by atoms with Gasteiger partial charge in [0.15, 0.2) is 0 Å². The smallest absolute Gasteiger partial charge is 0.0604 e. The second-order valence-electron chi connectivity index (χ2n) is 3.49. The Hall–Kier alpha value is -1.54. The van der Waals surface area contributed by atoms with E-state index in [1.807, 2.05) is 38.4 Å². The van der Waals surface area contributed by atoms with Crippen LogP contribution in [0.3, 0.4) is 0 Å². The van der Waals surface area contributed by atoms with E-state index in [0.717, 1.165) is 11.4 Å². The zero-order valence-corrected chi connectivity index (χ0v) is 10.2. The molecule has 0 fully saturated rings. The summed E-state index contributed by atoms with van der Waals surface area (Å²) in [5, 5.41) is 3.16. The molecule has 0 aliphatic rings. The molecule has 0 aliphatic heterocycles. The number of pyridine rings is 1. The molecule has 2 aromatic rings. The lowest BCUT2D eigenvalue weighted by molar-refractivity contribution is 1.20. The Balaban J connectivity index is 0.00000128. The van der Waals surface area contributed by atoms with E-state index < -0.39 is 0 Å². The first-order valence-electron chi connectivity index (χ1n) is 5.01. The second kappa shape index (κ2) is 5.52. The van der Waals surface area contributed by atoms with Gasteiger partial charge in [-0.15, -0.1) is 12.4 Å². The normalized spacial score (nSPS) is 9.38. The number of aryl methyl sites for hydroxylation is 1. The first-order valence-corrected chi connectivity index (χ1v) is 5.01. The Morgan fingerprint density at radius 2 is 1.81 bits per heavy atom. The van der Waals surface area contributed by atoms with Crippen molar-refractivity contribution in [1.29, 1.82) is 0 Å². The van der Waals surface area contributed by atoms with Gasteiger partial charge in [-0.25, -0.2) is 0 Å². The molecule has 1 heterocycles. The molecule has 1 aromatic carbocycles. The topological polar surface area (TPSA) is 24.9 Å². The Bertz CT molecular complexity index is 455. The van der Waals surface area contributed by atoms with Crippen LogP contribution in [-0.4, -0.2) is 12.0 Å². The number of anilines is 1. The van der Waals surface area contributed by atoms with Crippen molar-refractivity contribution in [1.82, 2.24) is 4.98 Å². The summed E-state index contributed by atoms with van der Waals surface area (Å²) in [5.41, 5.74) is 4.51. The van der Waals surface area contributed by atoms with Crippen LogP contribution >= 0.6 is 12.4 Å². The number of hydrogen-bond acceptors (Lipinski definition) is 2. The molecule has 0 radical (unpaired) electrons. The first-order chi connectivity index (χ1) is 7.31. The molecule has 0 aliphatic carbocycles. The molecule has 0 atom stereocenters. The summed E-state index contributed by atoms with van der Waals surface area (Å²) in [6, 6.07) is 12.4. The molecular formula is C13H15ClN2. The highest BCUT2D eigenvalue weighted by molar-refractivity contribution is 5.85. The zero-order chi connectivity index (χ0) is 10.7. The molecule has 0 spiro atoms. The number of benzene rings is 1. The predicted octanol–water partition coefficient (Wildman–Crippen LogP) is 3.52. The quantitative estimate of drug-likeness (QED) is 0.860. The van der Waals surface area contributed by atoms with Gasteiger partial charge >= 0.3 is 0 Å². The lowest BCUT2D eigenvalue weighted by atomic mass is 10.0. The summed E-state index contributed by atoms with van der Waals surface area (Å²) in [7, 11) is 1.92. The SMILES string of the molecule is CNc1cnc(C)cc1-c1ccccc1.Cl. The van der Waals surface area contributed by atoms with Crippen molar-refractivity contribution in [2.24, 2.45) is 0 Å². The van der Waals surface area contributed by atoms with Crippen molar-refractivity contribution in [2.75, 3.05) is 12.4 Å². The molecule has 84 valence electrons. The minimum atomic E-state index is 0. The van der Waals surface area contributed by atoms with Gasteiger partial charge in [-0.3, -0.25) is 4.98 Å². The molecule has 2 rings (SSSR count). The van der Waals surface area contributed by atoms with Crippen molar-refractivity contribution >= 4 is 18.1 Å². The van der Waals surface area contributed by atoms with Crippen molar-refractivity contribution in [3.63, 3.8) is 0 Å². The highest BCUT2D eigenvalue weighted by atomic mass is 35.5. The minimum Gasteiger partial charge on any atom is -0.386 e. The summed E-state index contributed by atoms with van der Waals surface area (Å²) in [5.74, 6) is 0. The molecule has 0 saturated carbocycles. The fourth-order valence-corrected chi connectivity index (χ4v) is 1.62. The molecule has 2 nitrogen and oxygen atoms in total. The summed E-state index contributed by atoms with van der Waals surface area (Å²) < 4.78 is 0. The van der Waals surface area contributed by atoms with Crippen LogP contribution in [0, 0.1) is 6.92 Å². The average Bonchev–Trinajstić information content (AvgIpc) is 2.30. The van der Waals surface area contributed by atoms with Gasteiger partial charge in [0, 0.05) is 18.3 Å². The Morgan fingerprint density at radius 3 is 2.44 bits per heavy atom. The zero-order valence-electron chi connectivity index (χ0n) is 9.40. The molecule has 3 heteroatoms. The van der Waals surface area contributed by atoms with E-state index >= 15 is 0 Å². The van der Waals surface area contributed by atoms with Gasteiger partial charge in [0.2, 0.25) is 0 Å². The van der Waals surface area contributed by atoms with Gasteiger partial charge in [0.05, 0.1) is 11.9 Å². The van der Waals surface area contributed by atoms with Gasteiger partial charge in [-0.2, -0.15) is 0 Å². The Kier molecular flexibility index (Phi) is 4.32. The van der Waals surface area contributed by atoms with Crippen molar-refractivity contribution in [3.8, 4) is 11.1 Å². The Morgan fingerprint density at radius 1 is 1.12 bits per heavy atom. The van der Waals surface area contributed by atoms with E-state index in [4.69, 9.17) is 0 Å². The van der Waals surface area contributed by atoms with Crippen LogP contribution in [0.4, 0.5) is 5.69 Å². The summed E-state index contributed by atoms with van der Waals surface area (Å²) in [6.07, 6.45) is 1.87. The number of hydrogen-bond donors (Lipinski definition) is 1. The van der Waals surface area contributed by atoms with E-state index in [9.17, 15) is 0 Å². The third kappa shape index (κ3) is 2.52. The maximum Gasteiger partial charge on any atom is 0.0604 e. The first kappa shape index (κ1) is 12.5. The van der Waals surface area contributed by atoms with Gasteiger partial charge < -0.3 is 5.32 Å². The predicted molar refractivity (Wildman–Crippen MR) is 71.2 cm³/mol. The third-order valence-electron chi connectivity index (χ3n) is 2.39. The number of nitrogens with one attached hydrogen (secondary N) is 1. The number of rotatable bonds is 2. The number of halogens is 1. The molecule has 0 saturated heterocycles. The second-order valence-corrected chi connectivity index (χ2v) is 3.49. The molecule has 1 aromatic heterocycles. The summed E-state index contributed by atoms with van der Waals surface area (Å²) >= 11 is 0. The molecular weight excluding hydrogens is 220 g/mol. The van der Waals surface area contributed by atoms with Crippen LogP contribution in [0.5, 0.6) is 0 Å². The fourth-order valence-electron chi connectivity index (χ4n) is 1.62. The van der Waals surface area contributed by atoms with E-state index in [1.54, 1.807) is 0 Å². The van der Waals surface area contributed by atoms with Gasteiger partial charge in [-0.05, 0) is 18.6 Å².